The van der Waals surface area contributed by atoms with Gasteiger partial charge in [-0.3, -0.25) is 9.89 Å². The van der Waals surface area contributed by atoms with Crippen molar-refractivity contribution in [3.05, 3.63) is 60.2 Å². The van der Waals surface area contributed by atoms with E-state index in [0.717, 1.165) is 34.1 Å². The standard InChI is InChI=1S/C23H21N3O2/c1-28-22-18(23(27)24-13-14-6-7-14)10-11-19-20(22)21(26-25-19)17-9-8-15-4-2-3-5-16(15)12-17/h2-5,8-12,14H,6-7,13H2,1H3,(H,24,27)(H,25,26). The summed E-state index contributed by atoms with van der Waals surface area (Å²) in [7, 11) is 1.60. The Morgan fingerprint density at radius 3 is 2.75 bits per heavy atom. The normalized spacial score (nSPS) is 13.8. The lowest BCUT2D eigenvalue weighted by Gasteiger charge is -2.11. The summed E-state index contributed by atoms with van der Waals surface area (Å²) in [6.07, 6.45) is 2.40. The summed E-state index contributed by atoms with van der Waals surface area (Å²) in [5.41, 5.74) is 3.16. The van der Waals surface area contributed by atoms with Gasteiger partial charge >= 0.3 is 0 Å². The van der Waals surface area contributed by atoms with E-state index in [-0.39, 0.29) is 5.91 Å². The maximum absolute atomic E-state index is 12.7. The number of ether oxygens (including phenoxy) is 1. The molecule has 1 saturated carbocycles. The van der Waals surface area contributed by atoms with Gasteiger partial charge in [-0.2, -0.15) is 5.10 Å². The first kappa shape index (κ1) is 16.8. The average molecular weight is 371 g/mol. The van der Waals surface area contributed by atoms with Gasteiger partial charge in [0.2, 0.25) is 0 Å². The highest BCUT2D eigenvalue weighted by Crippen LogP contribution is 2.37. The molecule has 1 aliphatic rings. The Balaban J connectivity index is 1.62. The minimum atomic E-state index is -0.101. The quantitative estimate of drug-likeness (QED) is 0.542. The average Bonchev–Trinajstić information content (AvgIpc) is 3.47. The molecule has 5 nitrogen and oxygen atoms in total. The van der Waals surface area contributed by atoms with Gasteiger partial charge in [-0.05, 0) is 47.7 Å². The highest BCUT2D eigenvalue weighted by molar-refractivity contribution is 6.07. The molecule has 0 aliphatic heterocycles. The predicted molar refractivity (Wildman–Crippen MR) is 111 cm³/mol. The Labute approximate surface area is 162 Å². The van der Waals surface area contributed by atoms with E-state index < -0.39 is 0 Å². The van der Waals surface area contributed by atoms with Gasteiger partial charge in [-0.1, -0.05) is 36.4 Å². The first-order valence-electron chi connectivity index (χ1n) is 9.57. The Kier molecular flexibility index (Phi) is 4.01. The van der Waals surface area contributed by atoms with E-state index in [1.54, 1.807) is 13.2 Å². The van der Waals surface area contributed by atoms with Crippen molar-refractivity contribution in [2.24, 2.45) is 5.92 Å². The fraction of sp³-hybridized carbons (Fsp3) is 0.217. The fourth-order valence-corrected chi connectivity index (χ4v) is 3.67. The van der Waals surface area contributed by atoms with E-state index in [9.17, 15) is 4.79 Å². The highest BCUT2D eigenvalue weighted by atomic mass is 16.5. The zero-order valence-electron chi connectivity index (χ0n) is 15.7. The third-order valence-corrected chi connectivity index (χ3v) is 5.40. The number of carbonyl (C=O) groups excluding carboxylic acids is 1. The number of hydrogen-bond acceptors (Lipinski definition) is 3. The minimum absolute atomic E-state index is 0.101. The van der Waals surface area contributed by atoms with Crippen molar-refractivity contribution in [3.63, 3.8) is 0 Å². The van der Waals surface area contributed by atoms with Gasteiger partial charge in [-0.25, -0.2) is 0 Å². The summed E-state index contributed by atoms with van der Waals surface area (Å²) in [5.74, 6) is 1.08. The number of hydrogen-bond donors (Lipinski definition) is 2. The molecule has 0 unspecified atom stereocenters. The van der Waals surface area contributed by atoms with Crippen LogP contribution < -0.4 is 10.1 Å². The Bertz CT molecular complexity index is 1190. The molecule has 0 bridgehead atoms. The molecule has 140 valence electrons. The topological polar surface area (TPSA) is 67.0 Å². The van der Waals surface area contributed by atoms with Crippen LogP contribution in [0.4, 0.5) is 0 Å². The van der Waals surface area contributed by atoms with Crippen LogP contribution >= 0.6 is 0 Å². The van der Waals surface area contributed by atoms with Crippen molar-refractivity contribution >= 4 is 27.6 Å². The highest BCUT2D eigenvalue weighted by Gasteiger charge is 2.24. The second kappa shape index (κ2) is 6.68. The summed E-state index contributed by atoms with van der Waals surface area (Å²) < 4.78 is 5.69. The summed E-state index contributed by atoms with van der Waals surface area (Å²) in [4.78, 5) is 12.7. The van der Waals surface area contributed by atoms with E-state index in [2.05, 4.69) is 45.8 Å². The molecule has 1 aliphatic carbocycles. The molecule has 28 heavy (non-hydrogen) atoms. The predicted octanol–water partition coefficient (Wildman–Crippen LogP) is 4.53. The van der Waals surface area contributed by atoms with Gasteiger partial charge < -0.3 is 10.1 Å². The number of rotatable bonds is 5. The molecule has 0 radical (unpaired) electrons. The van der Waals surface area contributed by atoms with Crippen molar-refractivity contribution in [1.82, 2.24) is 15.5 Å². The van der Waals surface area contributed by atoms with Gasteiger partial charge in [0.15, 0.2) is 0 Å². The van der Waals surface area contributed by atoms with E-state index in [0.29, 0.717) is 17.2 Å². The lowest BCUT2D eigenvalue weighted by Crippen LogP contribution is -2.26. The van der Waals surface area contributed by atoms with Gasteiger partial charge in [0, 0.05) is 12.1 Å². The number of H-pyrrole nitrogens is 1. The zero-order chi connectivity index (χ0) is 19.1. The molecule has 1 heterocycles. The van der Waals surface area contributed by atoms with Gasteiger partial charge in [0.1, 0.15) is 11.4 Å². The van der Waals surface area contributed by atoms with E-state index in [1.165, 1.54) is 18.2 Å². The third-order valence-electron chi connectivity index (χ3n) is 5.40. The van der Waals surface area contributed by atoms with Crippen LogP contribution in [-0.2, 0) is 0 Å². The molecule has 1 amide bonds. The largest absolute Gasteiger partial charge is 0.495 e. The molecular weight excluding hydrogens is 350 g/mol. The molecular formula is C23H21N3O2. The smallest absolute Gasteiger partial charge is 0.255 e. The SMILES string of the molecule is COc1c(C(=O)NCC2CC2)ccc2[nH]nc(-c3ccc4ccccc4c3)c12. The molecule has 3 aromatic carbocycles. The zero-order valence-corrected chi connectivity index (χ0v) is 15.7. The Morgan fingerprint density at radius 1 is 1.14 bits per heavy atom. The Hall–Kier alpha value is -3.34. The Morgan fingerprint density at radius 2 is 1.96 bits per heavy atom. The van der Waals surface area contributed by atoms with Crippen LogP contribution in [0, 0.1) is 5.92 Å². The van der Waals surface area contributed by atoms with Gasteiger partial charge in [0.05, 0.1) is 23.6 Å². The van der Waals surface area contributed by atoms with Crippen LogP contribution in [0.2, 0.25) is 0 Å². The van der Waals surface area contributed by atoms with Crippen molar-refractivity contribution in [2.45, 2.75) is 12.8 Å². The van der Waals surface area contributed by atoms with Crippen molar-refractivity contribution < 1.29 is 9.53 Å². The van der Waals surface area contributed by atoms with Crippen LogP contribution in [-0.4, -0.2) is 29.8 Å². The van der Waals surface area contributed by atoms with E-state index in [1.807, 2.05) is 18.2 Å². The summed E-state index contributed by atoms with van der Waals surface area (Å²) in [6, 6.07) is 18.2. The van der Waals surface area contributed by atoms with Crippen molar-refractivity contribution in [3.8, 4) is 17.0 Å². The number of methoxy groups -OCH3 is 1. The lowest BCUT2D eigenvalue weighted by molar-refractivity contribution is 0.0949. The van der Waals surface area contributed by atoms with E-state index in [4.69, 9.17) is 4.74 Å². The minimum Gasteiger partial charge on any atom is -0.495 e. The molecule has 5 rings (SSSR count). The van der Waals surface area contributed by atoms with Gasteiger partial charge in [0.25, 0.3) is 5.91 Å². The van der Waals surface area contributed by atoms with Crippen LogP contribution in [0.25, 0.3) is 32.9 Å². The monoisotopic (exact) mass is 371 g/mol. The van der Waals surface area contributed by atoms with Crippen LogP contribution in [0.5, 0.6) is 5.75 Å². The van der Waals surface area contributed by atoms with Crippen LogP contribution in [0.15, 0.2) is 54.6 Å². The number of nitrogens with zero attached hydrogens (tertiary/aromatic N) is 1. The van der Waals surface area contributed by atoms with Crippen molar-refractivity contribution in [1.29, 1.82) is 0 Å². The number of nitrogens with one attached hydrogen (secondary N) is 2. The summed E-state index contributed by atoms with van der Waals surface area (Å²) in [5, 5.41) is 13.8. The number of benzene rings is 3. The number of aromatic nitrogens is 2. The molecule has 1 aromatic heterocycles. The van der Waals surface area contributed by atoms with E-state index >= 15 is 0 Å². The summed E-state index contributed by atoms with van der Waals surface area (Å²) in [6.45, 7) is 0.725. The first-order valence-corrected chi connectivity index (χ1v) is 9.57. The second-order valence-corrected chi connectivity index (χ2v) is 7.36. The molecule has 4 aromatic rings. The molecule has 1 fully saturated rings. The molecule has 5 heteroatoms. The lowest BCUT2D eigenvalue weighted by atomic mass is 10.0. The first-order chi connectivity index (χ1) is 13.7. The maximum atomic E-state index is 12.7. The summed E-state index contributed by atoms with van der Waals surface area (Å²) >= 11 is 0. The maximum Gasteiger partial charge on any atom is 0.255 e. The number of amides is 1. The molecule has 2 N–H and O–H groups in total. The molecule has 0 spiro atoms. The van der Waals surface area contributed by atoms with Crippen LogP contribution in [0.3, 0.4) is 0 Å². The third kappa shape index (κ3) is 2.89. The fourth-order valence-electron chi connectivity index (χ4n) is 3.67. The number of aromatic amines is 1. The number of carbonyl (C=O) groups is 1. The van der Waals surface area contributed by atoms with Crippen LogP contribution in [0.1, 0.15) is 23.2 Å². The molecule has 0 saturated heterocycles. The second-order valence-electron chi connectivity index (χ2n) is 7.36. The number of fused-ring (bicyclic) bond motifs is 2. The van der Waals surface area contributed by atoms with Crippen molar-refractivity contribution in [2.75, 3.05) is 13.7 Å². The van der Waals surface area contributed by atoms with Gasteiger partial charge in [-0.15, -0.1) is 0 Å². The molecule has 0 atom stereocenters.